The van der Waals surface area contributed by atoms with Gasteiger partial charge in [0.05, 0.1) is 27.1 Å². The zero-order valence-corrected chi connectivity index (χ0v) is 18.1. The third-order valence-electron chi connectivity index (χ3n) is 4.74. The second-order valence-corrected chi connectivity index (χ2v) is 7.69. The average molecular weight is 452 g/mol. The molecule has 156 valence electrons. The number of aromatic nitrogens is 2. The first kappa shape index (κ1) is 20.8. The van der Waals surface area contributed by atoms with Crippen molar-refractivity contribution in [3.8, 4) is 16.9 Å². The minimum absolute atomic E-state index is 0.220. The van der Waals surface area contributed by atoms with Crippen molar-refractivity contribution in [2.75, 3.05) is 17.8 Å². The number of rotatable bonds is 5. The summed E-state index contributed by atoms with van der Waals surface area (Å²) >= 11 is 12.1. The number of para-hydroxylation sites is 1. The molecule has 0 aliphatic heterocycles. The van der Waals surface area contributed by atoms with E-state index in [1.807, 2.05) is 36.4 Å². The van der Waals surface area contributed by atoms with Gasteiger partial charge in [-0.05, 0) is 48.5 Å². The summed E-state index contributed by atoms with van der Waals surface area (Å²) < 4.78 is 1.61. The minimum atomic E-state index is -0.220. The highest BCUT2D eigenvalue weighted by Gasteiger charge is 2.12. The predicted octanol–water partition coefficient (Wildman–Crippen LogP) is 5.21. The van der Waals surface area contributed by atoms with E-state index in [4.69, 9.17) is 28.9 Å². The standard InChI is InChI=1S/C23H19Cl2N5O/c1-29(17-5-3-2-4-6-17)28-23(31)15-7-10-18(11-8-15)30-22(26)14-21(27-30)16-9-12-19(24)20(25)13-16/h2-14H,26H2,1H3,(H,28,31). The highest BCUT2D eigenvalue weighted by Crippen LogP contribution is 2.29. The quantitative estimate of drug-likeness (QED) is 0.408. The van der Waals surface area contributed by atoms with Crippen LogP contribution in [-0.2, 0) is 0 Å². The first-order valence-corrected chi connectivity index (χ1v) is 10.2. The fraction of sp³-hybridized carbons (Fsp3) is 0.0435. The number of anilines is 2. The molecule has 4 rings (SSSR count). The Kier molecular flexibility index (Phi) is 5.84. The molecule has 1 amide bonds. The molecule has 1 heterocycles. The van der Waals surface area contributed by atoms with Crippen LogP contribution in [0.15, 0.2) is 78.9 Å². The number of carbonyl (C=O) groups excluding carboxylic acids is 1. The average Bonchev–Trinajstić information content (AvgIpc) is 3.18. The van der Waals surface area contributed by atoms with Gasteiger partial charge in [-0.3, -0.25) is 15.2 Å². The highest BCUT2D eigenvalue weighted by molar-refractivity contribution is 6.42. The fourth-order valence-electron chi connectivity index (χ4n) is 3.09. The molecule has 0 aliphatic carbocycles. The summed E-state index contributed by atoms with van der Waals surface area (Å²) in [6, 6.07) is 23.6. The maximum absolute atomic E-state index is 12.6. The van der Waals surface area contributed by atoms with E-state index in [2.05, 4.69) is 10.5 Å². The van der Waals surface area contributed by atoms with Crippen molar-refractivity contribution in [1.82, 2.24) is 15.2 Å². The van der Waals surface area contributed by atoms with Gasteiger partial charge < -0.3 is 5.73 Å². The number of nitrogens with one attached hydrogen (secondary N) is 1. The van der Waals surface area contributed by atoms with Gasteiger partial charge in [0.2, 0.25) is 0 Å². The van der Waals surface area contributed by atoms with Gasteiger partial charge in [0, 0.05) is 24.2 Å². The van der Waals surface area contributed by atoms with Crippen LogP contribution in [0.4, 0.5) is 11.5 Å². The first-order valence-electron chi connectivity index (χ1n) is 9.43. The number of hydrogen-bond donors (Lipinski definition) is 2. The van der Waals surface area contributed by atoms with E-state index in [-0.39, 0.29) is 5.91 Å². The number of hydrogen-bond acceptors (Lipinski definition) is 4. The van der Waals surface area contributed by atoms with Crippen LogP contribution in [0.1, 0.15) is 10.4 Å². The van der Waals surface area contributed by atoms with E-state index in [1.54, 1.807) is 59.2 Å². The van der Waals surface area contributed by atoms with Crippen LogP contribution in [0.5, 0.6) is 0 Å². The molecule has 3 aromatic carbocycles. The SMILES string of the molecule is CN(NC(=O)c1ccc(-n2nc(-c3ccc(Cl)c(Cl)c3)cc2N)cc1)c1ccccc1. The molecule has 0 unspecified atom stereocenters. The molecule has 6 nitrogen and oxygen atoms in total. The molecule has 0 saturated carbocycles. The lowest BCUT2D eigenvalue weighted by atomic mass is 10.1. The van der Waals surface area contributed by atoms with Gasteiger partial charge in [-0.1, -0.05) is 47.5 Å². The van der Waals surface area contributed by atoms with Crippen LogP contribution in [-0.4, -0.2) is 22.7 Å². The molecule has 4 aromatic rings. The van der Waals surface area contributed by atoms with Gasteiger partial charge in [-0.15, -0.1) is 0 Å². The zero-order chi connectivity index (χ0) is 22.0. The van der Waals surface area contributed by atoms with Crippen LogP contribution in [0, 0.1) is 0 Å². The number of nitrogens with zero attached hydrogens (tertiary/aromatic N) is 3. The molecule has 1 aromatic heterocycles. The molecule has 0 bridgehead atoms. The lowest BCUT2D eigenvalue weighted by Gasteiger charge is -2.20. The Labute approximate surface area is 189 Å². The van der Waals surface area contributed by atoms with E-state index in [1.165, 1.54) is 0 Å². The number of carbonyl (C=O) groups is 1. The van der Waals surface area contributed by atoms with E-state index in [0.717, 1.165) is 16.9 Å². The molecule has 8 heteroatoms. The molecular weight excluding hydrogens is 433 g/mol. The summed E-state index contributed by atoms with van der Waals surface area (Å²) in [5.74, 6) is 0.241. The van der Waals surface area contributed by atoms with Crippen LogP contribution >= 0.6 is 23.2 Å². The summed E-state index contributed by atoms with van der Waals surface area (Å²) in [4.78, 5) is 12.6. The van der Waals surface area contributed by atoms with Crippen molar-refractivity contribution >= 4 is 40.6 Å². The van der Waals surface area contributed by atoms with E-state index in [0.29, 0.717) is 27.1 Å². The summed E-state index contributed by atoms with van der Waals surface area (Å²) in [5, 5.41) is 7.16. The lowest BCUT2D eigenvalue weighted by molar-refractivity contribution is 0.0951. The van der Waals surface area contributed by atoms with E-state index in [9.17, 15) is 4.79 Å². The molecule has 3 N–H and O–H groups in total. The third-order valence-corrected chi connectivity index (χ3v) is 5.48. The van der Waals surface area contributed by atoms with Crippen LogP contribution in [0.25, 0.3) is 16.9 Å². The topological polar surface area (TPSA) is 76.2 Å². The van der Waals surface area contributed by atoms with Crippen molar-refractivity contribution in [2.24, 2.45) is 0 Å². The second kappa shape index (κ2) is 8.71. The molecule has 0 spiro atoms. The van der Waals surface area contributed by atoms with Crippen LogP contribution in [0.2, 0.25) is 10.0 Å². The number of halogens is 2. The monoisotopic (exact) mass is 451 g/mol. The maximum Gasteiger partial charge on any atom is 0.269 e. The van der Waals surface area contributed by atoms with Gasteiger partial charge in [-0.25, -0.2) is 4.68 Å². The highest BCUT2D eigenvalue weighted by atomic mass is 35.5. The second-order valence-electron chi connectivity index (χ2n) is 6.88. The Balaban J connectivity index is 1.52. The Morgan fingerprint density at radius 1 is 0.968 bits per heavy atom. The van der Waals surface area contributed by atoms with E-state index >= 15 is 0 Å². The zero-order valence-electron chi connectivity index (χ0n) is 16.6. The van der Waals surface area contributed by atoms with Gasteiger partial charge in [0.15, 0.2) is 0 Å². The van der Waals surface area contributed by atoms with Gasteiger partial charge >= 0.3 is 0 Å². The Hall–Kier alpha value is -3.48. The Morgan fingerprint density at radius 2 is 1.68 bits per heavy atom. The molecule has 31 heavy (non-hydrogen) atoms. The summed E-state index contributed by atoms with van der Waals surface area (Å²) in [6.45, 7) is 0. The predicted molar refractivity (Wildman–Crippen MR) is 126 cm³/mol. The normalized spacial score (nSPS) is 10.7. The molecule has 0 fully saturated rings. The third kappa shape index (κ3) is 4.50. The molecule has 0 aliphatic rings. The summed E-state index contributed by atoms with van der Waals surface area (Å²) in [7, 11) is 1.79. The number of benzene rings is 3. The molecule has 0 atom stereocenters. The summed E-state index contributed by atoms with van der Waals surface area (Å²) in [5.41, 5.74) is 12.6. The van der Waals surface area contributed by atoms with Crippen LogP contribution in [0.3, 0.4) is 0 Å². The van der Waals surface area contributed by atoms with Gasteiger partial charge in [-0.2, -0.15) is 5.10 Å². The smallest absolute Gasteiger partial charge is 0.269 e. The van der Waals surface area contributed by atoms with E-state index < -0.39 is 0 Å². The Bertz CT molecular complexity index is 1220. The molecule has 0 saturated heterocycles. The number of nitrogens with two attached hydrogens (primary N) is 1. The molecule has 0 radical (unpaired) electrons. The minimum Gasteiger partial charge on any atom is -0.384 e. The maximum atomic E-state index is 12.6. The first-order chi connectivity index (χ1) is 14.9. The largest absolute Gasteiger partial charge is 0.384 e. The van der Waals surface area contributed by atoms with Crippen molar-refractivity contribution in [3.63, 3.8) is 0 Å². The lowest BCUT2D eigenvalue weighted by Crippen LogP contribution is -2.39. The Morgan fingerprint density at radius 3 is 2.35 bits per heavy atom. The number of amides is 1. The van der Waals surface area contributed by atoms with Gasteiger partial charge in [0.25, 0.3) is 5.91 Å². The van der Waals surface area contributed by atoms with Crippen molar-refractivity contribution in [2.45, 2.75) is 0 Å². The van der Waals surface area contributed by atoms with Crippen LogP contribution < -0.4 is 16.2 Å². The molecular formula is C23H19Cl2N5O. The van der Waals surface area contributed by atoms with Crippen molar-refractivity contribution in [3.05, 3.63) is 94.5 Å². The number of nitrogen functional groups attached to an aromatic ring is 1. The van der Waals surface area contributed by atoms with Gasteiger partial charge in [0.1, 0.15) is 5.82 Å². The van der Waals surface area contributed by atoms with Crippen molar-refractivity contribution < 1.29 is 4.79 Å². The fourth-order valence-corrected chi connectivity index (χ4v) is 3.38. The van der Waals surface area contributed by atoms with Crippen molar-refractivity contribution in [1.29, 1.82) is 0 Å². The summed E-state index contributed by atoms with van der Waals surface area (Å²) in [6.07, 6.45) is 0. The number of hydrazine groups is 1.